The van der Waals surface area contributed by atoms with Gasteiger partial charge in [0.25, 0.3) is 0 Å². The minimum Gasteiger partial charge on any atom is -0.356 e. The fraction of sp³-hybridized carbons (Fsp3) is 0.542. The molecule has 9 heteroatoms. The highest BCUT2D eigenvalue weighted by molar-refractivity contribution is 14.0. The van der Waals surface area contributed by atoms with E-state index in [1.807, 2.05) is 25.1 Å². The smallest absolute Gasteiger partial charge is 0.233 e. The van der Waals surface area contributed by atoms with Crippen molar-refractivity contribution >= 4 is 41.8 Å². The number of halogens is 2. The number of carbonyl (C=O) groups is 2. The topological polar surface area (TPSA) is 77.0 Å². The van der Waals surface area contributed by atoms with Gasteiger partial charge in [0.1, 0.15) is 5.82 Å². The lowest BCUT2D eigenvalue weighted by molar-refractivity contribution is -0.140. The number of rotatable bonds is 8. The second kappa shape index (κ2) is 10.9. The maximum atomic E-state index is 14.0. The van der Waals surface area contributed by atoms with E-state index in [0.29, 0.717) is 44.1 Å². The third kappa shape index (κ3) is 5.40. The average Bonchev–Trinajstić information content (AvgIpc) is 3.44. The van der Waals surface area contributed by atoms with Gasteiger partial charge in [0.05, 0.1) is 11.8 Å². The van der Waals surface area contributed by atoms with E-state index in [0.717, 1.165) is 12.0 Å². The molecule has 4 rings (SSSR count). The SMILES string of the molecule is CN=C(NCCCN1C(=O)C2C3C=CC(C3)C2C1=O)NCc1ccc(F)c(CN(C)C)c1.I. The van der Waals surface area contributed by atoms with Crippen LogP contribution in [0.3, 0.4) is 0 Å². The van der Waals surface area contributed by atoms with Crippen LogP contribution in [0, 0.1) is 29.5 Å². The molecule has 7 nitrogen and oxygen atoms in total. The Morgan fingerprint density at radius 2 is 1.82 bits per heavy atom. The fourth-order valence-electron chi connectivity index (χ4n) is 5.23. The van der Waals surface area contributed by atoms with Crippen LogP contribution in [0.2, 0.25) is 0 Å². The highest BCUT2D eigenvalue weighted by atomic mass is 127. The molecule has 1 heterocycles. The van der Waals surface area contributed by atoms with Crippen molar-refractivity contribution in [3.8, 4) is 0 Å². The highest BCUT2D eigenvalue weighted by Gasteiger charge is 2.58. The number of likely N-dealkylation sites (tertiary alicyclic amines) is 1. The Balaban J connectivity index is 0.00000306. The number of carbonyl (C=O) groups excluding carboxylic acids is 2. The summed E-state index contributed by atoms with van der Waals surface area (Å²) >= 11 is 0. The molecule has 2 bridgehead atoms. The van der Waals surface area contributed by atoms with Gasteiger partial charge in [-0.1, -0.05) is 18.2 Å². The Morgan fingerprint density at radius 1 is 1.15 bits per heavy atom. The Morgan fingerprint density at radius 3 is 2.42 bits per heavy atom. The van der Waals surface area contributed by atoms with Crippen molar-refractivity contribution in [2.24, 2.45) is 28.7 Å². The maximum Gasteiger partial charge on any atom is 0.233 e. The van der Waals surface area contributed by atoms with Crippen molar-refractivity contribution in [1.82, 2.24) is 20.4 Å². The molecule has 3 aliphatic rings. The van der Waals surface area contributed by atoms with Crippen LogP contribution in [0.15, 0.2) is 35.3 Å². The normalized spacial score (nSPS) is 25.6. The summed E-state index contributed by atoms with van der Waals surface area (Å²) in [6.07, 6.45) is 5.84. The molecule has 0 spiro atoms. The van der Waals surface area contributed by atoms with Crippen LogP contribution >= 0.6 is 24.0 Å². The van der Waals surface area contributed by atoms with E-state index in [-0.39, 0.29) is 65.3 Å². The molecule has 1 aliphatic heterocycles. The van der Waals surface area contributed by atoms with Gasteiger partial charge in [0, 0.05) is 38.8 Å². The zero-order chi connectivity index (χ0) is 22.8. The van der Waals surface area contributed by atoms with Gasteiger partial charge in [-0.3, -0.25) is 19.5 Å². The summed E-state index contributed by atoms with van der Waals surface area (Å²) in [7, 11) is 5.51. The first-order valence-electron chi connectivity index (χ1n) is 11.3. The summed E-state index contributed by atoms with van der Waals surface area (Å²) in [5.74, 6) is 0.662. The second-order valence-corrected chi connectivity index (χ2v) is 9.20. The van der Waals surface area contributed by atoms with Crippen LogP contribution in [0.1, 0.15) is 24.0 Å². The van der Waals surface area contributed by atoms with Crippen LogP contribution < -0.4 is 10.6 Å². The van der Waals surface area contributed by atoms with Crippen LogP contribution in [-0.2, 0) is 22.7 Å². The minimum absolute atomic E-state index is 0. The molecular weight excluding hydrogens is 536 g/mol. The summed E-state index contributed by atoms with van der Waals surface area (Å²) in [6, 6.07) is 5.12. The molecule has 0 radical (unpaired) electrons. The number of fused-ring (bicyclic) bond motifs is 5. The third-order valence-electron chi connectivity index (χ3n) is 6.69. The number of amides is 2. The Bertz CT molecular complexity index is 921. The van der Waals surface area contributed by atoms with Crippen LogP contribution in [0.25, 0.3) is 0 Å². The van der Waals surface area contributed by atoms with Crippen molar-refractivity contribution in [2.45, 2.75) is 25.9 Å². The monoisotopic (exact) mass is 569 g/mol. The lowest BCUT2D eigenvalue weighted by Crippen LogP contribution is -2.39. The molecule has 1 saturated carbocycles. The van der Waals surface area contributed by atoms with Gasteiger partial charge >= 0.3 is 0 Å². The number of imide groups is 1. The Labute approximate surface area is 211 Å². The lowest BCUT2D eigenvalue weighted by Gasteiger charge is -2.18. The number of hydrogen-bond acceptors (Lipinski definition) is 4. The van der Waals surface area contributed by atoms with Crippen LogP contribution in [-0.4, -0.2) is 61.8 Å². The van der Waals surface area contributed by atoms with Gasteiger partial charge in [-0.2, -0.15) is 0 Å². The Hall–Kier alpha value is -2.01. The molecule has 1 aromatic rings. The zero-order valence-electron chi connectivity index (χ0n) is 19.4. The quantitative estimate of drug-likeness (QED) is 0.126. The minimum atomic E-state index is -0.205. The van der Waals surface area contributed by atoms with Crippen LogP contribution in [0.4, 0.5) is 4.39 Å². The van der Waals surface area contributed by atoms with E-state index in [9.17, 15) is 14.0 Å². The van der Waals surface area contributed by atoms with E-state index in [4.69, 9.17) is 0 Å². The summed E-state index contributed by atoms with van der Waals surface area (Å²) in [5.41, 5.74) is 1.62. The highest BCUT2D eigenvalue weighted by Crippen LogP contribution is 2.52. The summed E-state index contributed by atoms with van der Waals surface area (Å²) < 4.78 is 14.0. The molecule has 4 atom stereocenters. The molecule has 180 valence electrons. The average molecular weight is 569 g/mol. The standard InChI is InChI=1S/C24H32FN5O2.HI/c1-26-24(28-13-15-5-8-19(25)18(11-15)14-29(2)3)27-9-4-10-30-22(31)20-16-6-7-17(12-16)21(20)23(30)32;/h5-8,11,16-17,20-21H,4,9-10,12-14H2,1-3H3,(H2,26,27,28);1H. The van der Waals surface area contributed by atoms with Crippen molar-refractivity contribution in [2.75, 3.05) is 34.2 Å². The Kier molecular flexibility index (Phi) is 8.49. The molecule has 2 aliphatic carbocycles. The first-order valence-corrected chi connectivity index (χ1v) is 11.3. The fourth-order valence-corrected chi connectivity index (χ4v) is 5.23. The van der Waals surface area contributed by atoms with E-state index < -0.39 is 0 Å². The molecule has 0 aromatic heterocycles. The molecule has 1 saturated heterocycles. The number of benzene rings is 1. The van der Waals surface area contributed by atoms with E-state index in [2.05, 4.69) is 27.8 Å². The number of guanidine groups is 1. The van der Waals surface area contributed by atoms with Crippen molar-refractivity contribution < 1.29 is 14.0 Å². The van der Waals surface area contributed by atoms with Crippen LogP contribution in [0.5, 0.6) is 0 Å². The molecular formula is C24H33FIN5O2. The summed E-state index contributed by atoms with van der Waals surface area (Å²) in [6.45, 7) is 2.08. The number of nitrogens with zero attached hydrogens (tertiary/aromatic N) is 3. The molecule has 4 unspecified atom stereocenters. The van der Waals surface area contributed by atoms with Crippen molar-refractivity contribution in [1.29, 1.82) is 0 Å². The first-order chi connectivity index (χ1) is 15.4. The zero-order valence-corrected chi connectivity index (χ0v) is 21.7. The predicted molar refractivity (Wildman–Crippen MR) is 136 cm³/mol. The summed E-state index contributed by atoms with van der Waals surface area (Å²) in [4.78, 5) is 33.1. The number of allylic oxidation sites excluding steroid dienone is 2. The van der Waals surface area contributed by atoms with Gasteiger partial charge in [-0.05, 0) is 56.5 Å². The van der Waals surface area contributed by atoms with Crippen molar-refractivity contribution in [3.63, 3.8) is 0 Å². The summed E-state index contributed by atoms with van der Waals surface area (Å²) in [5, 5.41) is 6.46. The molecule has 1 aromatic carbocycles. The largest absolute Gasteiger partial charge is 0.356 e. The van der Waals surface area contributed by atoms with E-state index >= 15 is 0 Å². The molecule has 33 heavy (non-hydrogen) atoms. The molecule has 2 N–H and O–H groups in total. The van der Waals surface area contributed by atoms with Gasteiger partial charge in [-0.25, -0.2) is 4.39 Å². The molecule has 2 amide bonds. The van der Waals surface area contributed by atoms with Gasteiger partial charge in [0.15, 0.2) is 5.96 Å². The third-order valence-corrected chi connectivity index (χ3v) is 6.69. The van der Waals surface area contributed by atoms with Gasteiger partial charge < -0.3 is 15.5 Å². The maximum absolute atomic E-state index is 14.0. The number of hydrogen-bond donors (Lipinski definition) is 2. The second-order valence-electron chi connectivity index (χ2n) is 9.20. The lowest BCUT2D eigenvalue weighted by atomic mass is 9.85. The van der Waals surface area contributed by atoms with Gasteiger partial charge in [0.2, 0.25) is 11.8 Å². The predicted octanol–water partition coefficient (Wildman–Crippen LogP) is 2.37. The number of nitrogens with one attached hydrogen (secondary N) is 2. The first kappa shape index (κ1) is 25.6. The van der Waals surface area contributed by atoms with Gasteiger partial charge in [-0.15, -0.1) is 24.0 Å². The van der Waals surface area contributed by atoms with E-state index in [1.165, 1.54) is 11.0 Å². The number of aliphatic imine (C=N–C) groups is 1. The van der Waals surface area contributed by atoms with Crippen molar-refractivity contribution in [3.05, 3.63) is 47.3 Å². The van der Waals surface area contributed by atoms with E-state index in [1.54, 1.807) is 13.1 Å². The molecule has 2 fully saturated rings.